The quantitative estimate of drug-likeness (QED) is 0.514. The van der Waals surface area contributed by atoms with Crippen LogP contribution in [-0.4, -0.2) is 4.93 Å². The van der Waals surface area contributed by atoms with E-state index < -0.39 is 0 Å². The van der Waals surface area contributed by atoms with E-state index in [9.17, 15) is 0 Å². The topological polar surface area (TPSA) is 0 Å². The number of aryl methyl sites for hydroxylation is 1. The SMILES string of the molecule is CCc1ccccc1C(C)(I)[I-]C. The summed E-state index contributed by atoms with van der Waals surface area (Å²) >= 11 is 2.85. The molecule has 0 fully saturated rings. The summed E-state index contributed by atoms with van der Waals surface area (Å²) in [5, 5.41) is 0. The number of alkyl halides is 3. The number of hydrogen-bond donors (Lipinski definition) is 0. The van der Waals surface area contributed by atoms with Crippen molar-refractivity contribution >= 4 is 22.6 Å². The molecule has 13 heavy (non-hydrogen) atoms. The van der Waals surface area contributed by atoms with E-state index in [0.29, 0.717) is 1.43 Å². The molecule has 0 bridgehead atoms. The van der Waals surface area contributed by atoms with Crippen LogP contribution in [-0.2, 0) is 7.85 Å². The summed E-state index contributed by atoms with van der Waals surface area (Å²) in [6, 6.07) is 8.84. The fourth-order valence-corrected chi connectivity index (χ4v) is 2.99. The summed E-state index contributed by atoms with van der Waals surface area (Å²) in [7, 11) is 0. The van der Waals surface area contributed by atoms with Crippen LogP contribution in [0.15, 0.2) is 24.3 Å². The van der Waals surface area contributed by atoms with Crippen LogP contribution in [0.25, 0.3) is 0 Å². The maximum atomic E-state index is 2.60. The van der Waals surface area contributed by atoms with Crippen molar-refractivity contribution in [2.24, 2.45) is 0 Å². The Hall–Kier alpha value is 0.680. The van der Waals surface area contributed by atoms with Crippen molar-refractivity contribution in [3.05, 3.63) is 35.4 Å². The summed E-state index contributed by atoms with van der Waals surface area (Å²) < 4.78 is 0.406. The molecule has 1 aromatic carbocycles. The second-order valence-corrected chi connectivity index (χ2v) is 10.5. The Labute approximate surface area is 105 Å². The van der Waals surface area contributed by atoms with Gasteiger partial charge in [-0.15, -0.1) is 0 Å². The number of benzene rings is 1. The molecule has 0 aliphatic heterocycles. The van der Waals surface area contributed by atoms with Crippen molar-refractivity contribution in [3.8, 4) is 0 Å². The van der Waals surface area contributed by atoms with E-state index in [1.165, 1.54) is 5.56 Å². The van der Waals surface area contributed by atoms with Gasteiger partial charge in [0.2, 0.25) is 0 Å². The van der Waals surface area contributed by atoms with E-state index >= 15 is 0 Å². The average Bonchev–Trinajstić information content (AvgIpc) is 2.18. The summed E-state index contributed by atoms with van der Waals surface area (Å²) in [4.78, 5) is 2.36. The van der Waals surface area contributed by atoms with Gasteiger partial charge in [-0.3, -0.25) is 0 Å². The van der Waals surface area contributed by atoms with Crippen LogP contribution in [0, 0.1) is 0 Å². The summed E-state index contributed by atoms with van der Waals surface area (Å²) in [6.45, 7) is 4.59. The van der Waals surface area contributed by atoms with Crippen LogP contribution in [0.5, 0.6) is 0 Å². The van der Waals surface area contributed by atoms with Gasteiger partial charge in [0, 0.05) is 0 Å². The zero-order valence-corrected chi connectivity index (χ0v) is 12.6. The van der Waals surface area contributed by atoms with Gasteiger partial charge in [0.1, 0.15) is 0 Å². The van der Waals surface area contributed by atoms with Gasteiger partial charge in [-0.2, -0.15) is 0 Å². The van der Waals surface area contributed by atoms with Gasteiger partial charge in [0.05, 0.1) is 0 Å². The van der Waals surface area contributed by atoms with E-state index in [2.05, 4.69) is 65.6 Å². The van der Waals surface area contributed by atoms with Crippen LogP contribution in [0.3, 0.4) is 0 Å². The Balaban J connectivity index is 3.12. The Morgan fingerprint density at radius 2 is 2.00 bits per heavy atom. The van der Waals surface area contributed by atoms with Gasteiger partial charge in [-0.25, -0.2) is 0 Å². The van der Waals surface area contributed by atoms with E-state index in [-0.39, 0.29) is 21.2 Å². The van der Waals surface area contributed by atoms with Gasteiger partial charge in [-0.05, 0) is 0 Å². The first-order valence-electron chi connectivity index (χ1n) is 4.39. The molecule has 0 amide bonds. The van der Waals surface area contributed by atoms with Gasteiger partial charge >= 0.3 is 106 Å². The van der Waals surface area contributed by atoms with E-state index in [4.69, 9.17) is 0 Å². The molecule has 0 aliphatic rings. The third kappa shape index (κ3) is 2.81. The minimum atomic E-state index is 0.246. The third-order valence-corrected chi connectivity index (χ3v) is 8.15. The Kier molecular flexibility index (Phi) is 4.48. The molecule has 0 radical (unpaired) electrons. The van der Waals surface area contributed by atoms with Crippen LogP contribution >= 0.6 is 22.6 Å². The van der Waals surface area contributed by atoms with Crippen molar-refractivity contribution in [2.75, 3.05) is 4.93 Å². The Bertz CT molecular complexity index is 279. The van der Waals surface area contributed by atoms with Crippen LogP contribution in [0.2, 0.25) is 0 Å². The van der Waals surface area contributed by atoms with E-state index in [1.807, 2.05) is 0 Å². The molecule has 1 rings (SSSR count). The van der Waals surface area contributed by atoms with Crippen LogP contribution < -0.4 is 21.2 Å². The molecule has 0 nitrogen and oxygen atoms in total. The monoisotopic (exact) mass is 401 g/mol. The number of halogens is 2. The van der Waals surface area contributed by atoms with Crippen molar-refractivity contribution < 1.29 is 21.2 Å². The minimum absolute atomic E-state index is 0.246. The average molecular weight is 401 g/mol. The molecule has 1 atom stereocenters. The van der Waals surface area contributed by atoms with Crippen molar-refractivity contribution in [3.63, 3.8) is 0 Å². The number of rotatable bonds is 3. The first kappa shape index (κ1) is 11.8. The molecule has 0 saturated heterocycles. The summed E-state index contributed by atoms with van der Waals surface area (Å²) in [5.41, 5.74) is 3.06. The van der Waals surface area contributed by atoms with Gasteiger partial charge in [-0.1, -0.05) is 0 Å². The second kappa shape index (κ2) is 4.96. The molecular formula is C11H15I2-. The Morgan fingerprint density at radius 1 is 1.38 bits per heavy atom. The molecule has 74 valence electrons. The molecule has 2 heteroatoms. The standard InChI is InChI=1S/C11H15I2/c1-4-9-7-5-6-8-10(9)11(2,12)13-3/h5-8H,4H2,1-3H3/q-1. The zero-order valence-electron chi connectivity index (χ0n) is 8.27. The van der Waals surface area contributed by atoms with E-state index in [0.717, 1.165) is 6.42 Å². The second-order valence-electron chi connectivity index (χ2n) is 3.09. The van der Waals surface area contributed by atoms with Crippen molar-refractivity contribution in [1.29, 1.82) is 0 Å². The molecule has 0 spiro atoms. The molecule has 0 heterocycles. The van der Waals surface area contributed by atoms with Gasteiger partial charge in [0.25, 0.3) is 0 Å². The third-order valence-electron chi connectivity index (χ3n) is 2.23. The van der Waals surface area contributed by atoms with Crippen LogP contribution in [0.4, 0.5) is 0 Å². The van der Waals surface area contributed by atoms with Crippen molar-refractivity contribution in [1.82, 2.24) is 0 Å². The first-order chi connectivity index (χ1) is 6.11. The molecule has 1 unspecified atom stereocenters. The summed E-state index contributed by atoms with van der Waals surface area (Å²) in [6.07, 6.45) is 1.15. The zero-order chi connectivity index (χ0) is 9.90. The normalized spacial score (nSPS) is 15.7. The molecule has 0 aromatic heterocycles. The molecule has 1 aromatic rings. The van der Waals surface area contributed by atoms with Crippen molar-refractivity contribution in [2.45, 2.75) is 21.7 Å². The fraction of sp³-hybridized carbons (Fsp3) is 0.455. The molecule has 0 saturated carbocycles. The first-order valence-corrected chi connectivity index (χ1v) is 8.71. The predicted molar refractivity (Wildman–Crippen MR) is 63.1 cm³/mol. The van der Waals surface area contributed by atoms with Crippen LogP contribution in [0.1, 0.15) is 25.0 Å². The molecule has 0 aliphatic carbocycles. The molecule has 0 N–H and O–H groups in total. The Morgan fingerprint density at radius 3 is 2.54 bits per heavy atom. The predicted octanol–water partition coefficient (Wildman–Crippen LogP) is 0.576. The van der Waals surface area contributed by atoms with Gasteiger partial charge < -0.3 is 0 Å². The fourth-order valence-electron chi connectivity index (χ4n) is 1.36. The maximum absolute atomic E-state index is 2.60. The summed E-state index contributed by atoms with van der Waals surface area (Å²) in [5.74, 6) is 0. The number of hydrogen-bond acceptors (Lipinski definition) is 0. The van der Waals surface area contributed by atoms with E-state index in [1.54, 1.807) is 5.56 Å². The molecular weight excluding hydrogens is 386 g/mol. The van der Waals surface area contributed by atoms with Gasteiger partial charge in [0.15, 0.2) is 0 Å².